The topological polar surface area (TPSA) is 91.8 Å². The Morgan fingerprint density at radius 2 is 2.13 bits per heavy atom. The van der Waals surface area contributed by atoms with E-state index in [1.807, 2.05) is 0 Å². The largest absolute Gasteiger partial charge is 0.477 e. The van der Waals surface area contributed by atoms with Gasteiger partial charge in [0.2, 0.25) is 5.91 Å². The van der Waals surface area contributed by atoms with Gasteiger partial charge in [-0.25, -0.2) is 13.2 Å². The van der Waals surface area contributed by atoms with E-state index in [0.29, 0.717) is 0 Å². The van der Waals surface area contributed by atoms with E-state index >= 15 is 0 Å². The molecule has 0 spiro atoms. The molecule has 0 unspecified atom stereocenters. The highest BCUT2D eigenvalue weighted by Gasteiger charge is 2.51. The highest BCUT2D eigenvalue weighted by Crippen LogP contribution is 2.35. The Morgan fingerprint density at radius 1 is 1.53 bits per heavy atom. The predicted molar refractivity (Wildman–Crippen MR) is 49.4 cm³/mol. The minimum absolute atomic E-state index is 0.105. The molecular formula is C8H9NO5S. The van der Waals surface area contributed by atoms with Crippen molar-refractivity contribution >= 4 is 21.7 Å². The fourth-order valence-electron chi connectivity index (χ4n) is 1.90. The molecule has 2 aliphatic heterocycles. The maximum absolute atomic E-state index is 11.5. The number of carboxylic acid groups (broad SMARTS) is 1. The molecule has 2 aliphatic rings. The Labute approximate surface area is 86.1 Å². The number of nitrogens with zero attached hydrogens (tertiary/aromatic N) is 1. The minimum Gasteiger partial charge on any atom is -0.477 e. The Hall–Kier alpha value is -1.37. The summed E-state index contributed by atoms with van der Waals surface area (Å²) in [7, 11) is -3.39. The SMILES string of the molecule is CC1=C(C(=O)O)N2C(=O)C[C@@H]2S(=O)(=O)C1. The lowest BCUT2D eigenvalue weighted by Crippen LogP contribution is -2.60. The van der Waals surface area contributed by atoms with Crippen molar-refractivity contribution < 1.29 is 23.1 Å². The third-order valence-electron chi connectivity index (χ3n) is 2.59. The Balaban J connectivity index is 2.55. The zero-order valence-electron chi connectivity index (χ0n) is 7.93. The zero-order valence-corrected chi connectivity index (χ0v) is 8.74. The van der Waals surface area contributed by atoms with Crippen LogP contribution in [0.25, 0.3) is 0 Å². The van der Waals surface area contributed by atoms with Crippen molar-refractivity contribution in [2.24, 2.45) is 0 Å². The van der Waals surface area contributed by atoms with E-state index in [-0.39, 0.29) is 23.4 Å². The van der Waals surface area contributed by atoms with Gasteiger partial charge in [0.05, 0.1) is 12.2 Å². The number of fused-ring (bicyclic) bond motifs is 1. The summed E-state index contributed by atoms with van der Waals surface area (Å²) >= 11 is 0. The summed E-state index contributed by atoms with van der Waals surface area (Å²) in [6.45, 7) is 1.42. The van der Waals surface area contributed by atoms with Crippen LogP contribution in [0.1, 0.15) is 13.3 Å². The van der Waals surface area contributed by atoms with Gasteiger partial charge in [-0.2, -0.15) is 0 Å². The van der Waals surface area contributed by atoms with Crippen molar-refractivity contribution in [3.63, 3.8) is 0 Å². The number of aliphatic carboxylic acids is 1. The molecule has 0 aromatic heterocycles. The smallest absolute Gasteiger partial charge is 0.352 e. The molecular weight excluding hydrogens is 222 g/mol. The van der Waals surface area contributed by atoms with Gasteiger partial charge in [-0.15, -0.1) is 0 Å². The van der Waals surface area contributed by atoms with Crippen molar-refractivity contribution in [2.75, 3.05) is 5.75 Å². The first-order valence-electron chi connectivity index (χ1n) is 4.31. The third kappa shape index (κ3) is 1.26. The second-order valence-electron chi connectivity index (χ2n) is 3.66. The molecule has 0 aromatic carbocycles. The molecule has 1 amide bonds. The van der Waals surface area contributed by atoms with Crippen LogP contribution in [0.4, 0.5) is 0 Å². The molecule has 2 heterocycles. The number of rotatable bonds is 1. The maximum Gasteiger partial charge on any atom is 0.352 e. The second-order valence-corrected chi connectivity index (χ2v) is 5.82. The summed E-state index contributed by atoms with van der Waals surface area (Å²) in [5.41, 5.74) is 0.0397. The second kappa shape index (κ2) is 2.82. The van der Waals surface area contributed by atoms with Crippen LogP contribution in [0.5, 0.6) is 0 Å². The number of amides is 1. The Morgan fingerprint density at radius 3 is 2.60 bits per heavy atom. The molecule has 0 aliphatic carbocycles. The first-order chi connectivity index (χ1) is 6.84. The maximum atomic E-state index is 11.5. The number of carbonyl (C=O) groups excluding carboxylic acids is 1. The molecule has 0 radical (unpaired) electrons. The van der Waals surface area contributed by atoms with Crippen LogP contribution < -0.4 is 0 Å². The molecule has 15 heavy (non-hydrogen) atoms. The highest BCUT2D eigenvalue weighted by molar-refractivity contribution is 7.92. The van der Waals surface area contributed by atoms with Crippen LogP contribution in [0.3, 0.4) is 0 Å². The summed E-state index contributed by atoms with van der Waals surface area (Å²) in [5, 5.41) is 7.91. The van der Waals surface area contributed by atoms with Gasteiger partial charge in [0.25, 0.3) is 0 Å². The average molecular weight is 231 g/mol. The lowest BCUT2D eigenvalue weighted by Gasteiger charge is -2.43. The van der Waals surface area contributed by atoms with Crippen LogP contribution in [0.2, 0.25) is 0 Å². The number of sulfone groups is 1. The van der Waals surface area contributed by atoms with Gasteiger partial charge in [0.15, 0.2) is 9.84 Å². The van der Waals surface area contributed by atoms with E-state index in [0.717, 1.165) is 4.90 Å². The van der Waals surface area contributed by atoms with Crippen LogP contribution in [-0.4, -0.2) is 41.4 Å². The van der Waals surface area contributed by atoms with E-state index in [1.165, 1.54) is 6.92 Å². The summed E-state index contributed by atoms with van der Waals surface area (Å²) in [5.74, 6) is -1.97. The molecule has 1 saturated heterocycles. The van der Waals surface area contributed by atoms with Gasteiger partial charge in [0, 0.05) is 0 Å². The van der Waals surface area contributed by atoms with E-state index in [1.54, 1.807) is 0 Å². The van der Waals surface area contributed by atoms with Gasteiger partial charge < -0.3 is 5.11 Å². The molecule has 1 fully saturated rings. The van der Waals surface area contributed by atoms with E-state index < -0.39 is 27.1 Å². The fraction of sp³-hybridized carbons (Fsp3) is 0.500. The molecule has 0 saturated carbocycles. The van der Waals surface area contributed by atoms with Crippen molar-refractivity contribution in [2.45, 2.75) is 18.7 Å². The first kappa shape index (κ1) is 10.2. The molecule has 1 N–H and O–H groups in total. The summed E-state index contributed by atoms with van der Waals surface area (Å²) in [4.78, 5) is 22.9. The van der Waals surface area contributed by atoms with Crippen molar-refractivity contribution in [3.05, 3.63) is 11.3 Å². The van der Waals surface area contributed by atoms with E-state index in [9.17, 15) is 18.0 Å². The van der Waals surface area contributed by atoms with Crippen molar-refractivity contribution in [1.29, 1.82) is 0 Å². The molecule has 6 nitrogen and oxygen atoms in total. The molecule has 1 atom stereocenters. The quantitative estimate of drug-likeness (QED) is 0.604. The van der Waals surface area contributed by atoms with E-state index in [4.69, 9.17) is 5.11 Å². The third-order valence-corrected chi connectivity index (χ3v) is 4.63. The normalized spacial score (nSPS) is 28.5. The van der Waals surface area contributed by atoms with Gasteiger partial charge >= 0.3 is 5.97 Å². The van der Waals surface area contributed by atoms with Gasteiger partial charge in [-0.1, -0.05) is 0 Å². The van der Waals surface area contributed by atoms with Crippen molar-refractivity contribution in [1.82, 2.24) is 4.90 Å². The number of β-lactam (4-membered cyclic amide) rings is 1. The highest BCUT2D eigenvalue weighted by atomic mass is 32.2. The molecule has 0 aromatic rings. The fourth-order valence-corrected chi connectivity index (χ4v) is 3.77. The Bertz CT molecular complexity index is 489. The lowest BCUT2D eigenvalue weighted by molar-refractivity contribution is -0.146. The van der Waals surface area contributed by atoms with Gasteiger partial charge in [-0.3, -0.25) is 9.69 Å². The zero-order chi connectivity index (χ0) is 11.4. The van der Waals surface area contributed by atoms with Crippen molar-refractivity contribution in [3.8, 4) is 0 Å². The summed E-state index contributed by atoms with van der Waals surface area (Å²) in [6, 6.07) is 0. The summed E-state index contributed by atoms with van der Waals surface area (Å²) in [6.07, 6.45) is -0.105. The number of carbonyl (C=O) groups is 2. The summed E-state index contributed by atoms with van der Waals surface area (Å²) < 4.78 is 23.1. The standard InChI is InChI=1S/C8H9NO5S/c1-4-3-15(13,14)6-2-5(10)9(6)7(4)8(11)12/h6H,2-3H2,1H3,(H,11,12)/t6-/m0/s1. The Kier molecular flexibility index (Phi) is 1.91. The average Bonchev–Trinajstić information content (AvgIpc) is 2.06. The van der Waals surface area contributed by atoms with Crippen LogP contribution >= 0.6 is 0 Å². The first-order valence-corrected chi connectivity index (χ1v) is 6.03. The molecule has 0 bridgehead atoms. The van der Waals surface area contributed by atoms with Gasteiger partial charge in [0.1, 0.15) is 11.1 Å². The molecule has 7 heteroatoms. The lowest BCUT2D eigenvalue weighted by atomic mass is 10.1. The van der Waals surface area contributed by atoms with Crippen LogP contribution in [0.15, 0.2) is 11.3 Å². The van der Waals surface area contributed by atoms with Crippen LogP contribution in [0, 0.1) is 0 Å². The minimum atomic E-state index is -3.39. The molecule has 82 valence electrons. The number of carboxylic acids is 1. The van der Waals surface area contributed by atoms with E-state index in [2.05, 4.69) is 0 Å². The van der Waals surface area contributed by atoms with Gasteiger partial charge in [-0.05, 0) is 12.5 Å². The number of hydrogen-bond acceptors (Lipinski definition) is 4. The van der Waals surface area contributed by atoms with Crippen LogP contribution in [-0.2, 0) is 19.4 Å². The monoisotopic (exact) mass is 231 g/mol. The molecule has 2 rings (SSSR count). The predicted octanol–water partition coefficient (Wildman–Crippen LogP) is -0.668. The number of hydrogen-bond donors (Lipinski definition) is 1.